The number of amides is 1. The number of likely N-dealkylation sites (tertiary alicyclic amines) is 1. The van der Waals surface area contributed by atoms with Gasteiger partial charge in [-0.05, 0) is 44.0 Å². The quantitative estimate of drug-likeness (QED) is 0.898. The molecule has 2 heterocycles. The number of nitrogens with zero attached hydrogens (tertiary/aromatic N) is 3. The van der Waals surface area contributed by atoms with E-state index in [1.807, 2.05) is 24.3 Å². The van der Waals surface area contributed by atoms with Crippen molar-refractivity contribution in [2.75, 3.05) is 13.1 Å². The zero-order valence-electron chi connectivity index (χ0n) is 13.7. The first-order valence-electron chi connectivity index (χ1n) is 8.14. The minimum atomic E-state index is -0.0351. The van der Waals surface area contributed by atoms with Crippen LogP contribution in [-0.2, 0) is 17.8 Å². The molecule has 0 bridgehead atoms. The van der Waals surface area contributed by atoms with E-state index >= 15 is 0 Å². The highest BCUT2D eigenvalue weighted by molar-refractivity contribution is 6.30. The molecule has 1 aliphatic rings. The summed E-state index contributed by atoms with van der Waals surface area (Å²) >= 11 is 5.93. The van der Waals surface area contributed by atoms with Gasteiger partial charge in [-0.2, -0.15) is 0 Å². The van der Waals surface area contributed by atoms with Crippen molar-refractivity contribution in [2.45, 2.75) is 38.8 Å². The molecular weight excluding hydrogens is 328 g/mol. The summed E-state index contributed by atoms with van der Waals surface area (Å²) in [5.41, 5.74) is 2.50. The summed E-state index contributed by atoms with van der Waals surface area (Å²) in [7, 11) is 0. The third-order valence-electron chi connectivity index (χ3n) is 4.26. The summed E-state index contributed by atoms with van der Waals surface area (Å²) in [6.07, 6.45) is 2.28. The topological polar surface area (TPSA) is 71.3 Å². The van der Waals surface area contributed by atoms with Crippen molar-refractivity contribution >= 4 is 17.5 Å². The molecular formula is C17H21ClN4O2. The molecule has 6 nitrogen and oxygen atoms in total. The molecule has 0 radical (unpaired) electrons. The minimum Gasteiger partial charge on any atom is -0.352 e. The van der Waals surface area contributed by atoms with Crippen molar-refractivity contribution < 1.29 is 9.42 Å². The first-order valence-corrected chi connectivity index (χ1v) is 8.52. The van der Waals surface area contributed by atoms with Gasteiger partial charge in [0.15, 0.2) is 0 Å². The summed E-state index contributed by atoms with van der Waals surface area (Å²) in [6, 6.07) is 8.08. The number of aryl methyl sites for hydroxylation is 1. The van der Waals surface area contributed by atoms with Gasteiger partial charge in [0.05, 0.1) is 6.42 Å². The molecule has 2 aromatic rings. The smallest absolute Gasteiger partial charge is 0.226 e. The third-order valence-corrected chi connectivity index (χ3v) is 4.52. The molecule has 3 rings (SSSR count). The Morgan fingerprint density at radius 1 is 1.38 bits per heavy atom. The van der Waals surface area contributed by atoms with Crippen molar-refractivity contribution in [1.29, 1.82) is 0 Å². The Morgan fingerprint density at radius 3 is 2.88 bits per heavy atom. The van der Waals surface area contributed by atoms with E-state index in [-0.39, 0.29) is 18.4 Å². The second-order valence-corrected chi connectivity index (χ2v) is 6.68. The molecule has 1 aromatic carbocycles. The maximum absolute atomic E-state index is 12.2. The van der Waals surface area contributed by atoms with Crippen LogP contribution < -0.4 is 5.32 Å². The summed E-state index contributed by atoms with van der Waals surface area (Å²) in [5.74, 6) is -0.0351. The van der Waals surface area contributed by atoms with Crippen LogP contribution in [0.4, 0.5) is 0 Å². The third kappa shape index (κ3) is 4.55. The van der Waals surface area contributed by atoms with E-state index in [9.17, 15) is 4.79 Å². The van der Waals surface area contributed by atoms with E-state index in [1.54, 1.807) is 6.92 Å². The molecule has 1 aliphatic heterocycles. The number of aromatic nitrogens is 2. The van der Waals surface area contributed by atoms with Crippen LogP contribution >= 0.6 is 11.6 Å². The molecule has 0 spiro atoms. The Bertz CT molecular complexity index is 686. The van der Waals surface area contributed by atoms with Crippen LogP contribution in [0.2, 0.25) is 5.02 Å². The normalized spacial score (nSPS) is 18.5. The van der Waals surface area contributed by atoms with E-state index in [4.69, 9.17) is 11.6 Å². The van der Waals surface area contributed by atoms with Crippen LogP contribution in [0.3, 0.4) is 0 Å². The SMILES string of the molecule is Cc1nonc1CC(=O)NC1CCCN(Cc2ccc(Cl)cc2)C1. The highest BCUT2D eigenvalue weighted by atomic mass is 35.5. The zero-order valence-corrected chi connectivity index (χ0v) is 14.4. The van der Waals surface area contributed by atoms with Crippen LogP contribution in [0, 0.1) is 6.92 Å². The Hall–Kier alpha value is -1.92. The maximum Gasteiger partial charge on any atom is 0.226 e. The molecule has 1 amide bonds. The van der Waals surface area contributed by atoms with Gasteiger partial charge in [0.25, 0.3) is 0 Å². The molecule has 0 aliphatic carbocycles. The van der Waals surface area contributed by atoms with Crippen molar-refractivity contribution in [3.05, 3.63) is 46.2 Å². The van der Waals surface area contributed by atoms with Gasteiger partial charge in [-0.3, -0.25) is 9.69 Å². The Morgan fingerprint density at radius 2 is 2.17 bits per heavy atom. The number of hydrogen-bond acceptors (Lipinski definition) is 5. The van der Waals surface area contributed by atoms with E-state index in [0.29, 0.717) is 11.4 Å². The van der Waals surface area contributed by atoms with Gasteiger partial charge < -0.3 is 5.32 Å². The number of benzene rings is 1. The van der Waals surface area contributed by atoms with Crippen molar-refractivity contribution in [3.8, 4) is 0 Å². The molecule has 1 N–H and O–H groups in total. The first-order chi connectivity index (χ1) is 11.6. The van der Waals surface area contributed by atoms with Crippen molar-refractivity contribution in [2.24, 2.45) is 0 Å². The lowest BCUT2D eigenvalue weighted by atomic mass is 10.0. The predicted octanol–water partition coefficient (Wildman–Crippen LogP) is 2.35. The predicted molar refractivity (Wildman–Crippen MR) is 90.6 cm³/mol. The Labute approximate surface area is 146 Å². The maximum atomic E-state index is 12.2. The zero-order chi connectivity index (χ0) is 16.9. The van der Waals surface area contributed by atoms with Crippen molar-refractivity contribution in [1.82, 2.24) is 20.5 Å². The van der Waals surface area contributed by atoms with Gasteiger partial charge in [0.2, 0.25) is 5.91 Å². The Kier molecular flexibility index (Phi) is 5.48. The molecule has 1 atom stereocenters. The first kappa shape index (κ1) is 16.9. The fourth-order valence-corrected chi connectivity index (χ4v) is 3.13. The number of carbonyl (C=O) groups is 1. The number of nitrogens with one attached hydrogen (secondary N) is 1. The van der Waals surface area contributed by atoms with Crippen LogP contribution in [0.15, 0.2) is 28.9 Å². The highest BCUT2D eigenvalue weighted by Gasteiger charge is 2.22. The Balaban J connectivity index is 1.50. The lowest BCUT2D eigenvalue weighted by Crippen LogP contribution is -2.47. The molecule has 1 fully saturated rings. The molecule has 1 aromatic heterocycles. The van der Waals surface area contributed by atoms with E-state index in [2.05, 4.69) is 25.2 Å². The number of carbonyl (C=O) groups excluding carboxylic acids is 1. The van der Waals surface area contributed by atoms with E-state index < -0.39 is 0 Å². The second-order valence-electron chi connectivity index (χ2n) is 6.24. The fourth-order valence-electron chi connectivity index (χ4n) is 3.01. The summed E-state index contributed by atoms with van der Waals surface area (Å²) in [4.78, 5) is 14.5. The standard InChI is InChI=1S/C17H21ClN4O2/c1-12-16(21-24-20-12)9-17(23)19-15-3-2-8-22(11-15)10-13-4-6-14(18)7-5-13/h4-7,15H,2-3,8-11H2,1H3,(H,19,23). The van der Waals surface area contributed by atoms with E-state index in [0.717, 1.165) is 37.5 Å². The summed E-state index contributed by atoms with van der Waals surface area (Å²) in [5, 5.41) is 11.3. The van der Waals surface area contributed by atoms with Gasteiger partial charge in [-0.15, -0.1) is 0 Å². The molecule has 0 saturated carbocycles. The molecule has 7 heteroatoms. The number of hydrogen-bond donors (Lipinski definition) is 1. The van der Waals surface area contributed by atoms with Crippen LogP contribution in [-0.4, -0.2) is 40.3 Å². The van der Waals surface area contributed by atoms with Crippen LogP contribution in [0.1, 0.15) is 29.8 Å². The number of piperidine rings is 1. The summed E-state index contributed by atoms with van der Waals surface area (Å²) < 4.78 is 4.63. The largest absolute Gasteiger partial charge is 0.352 e. The summed E-state index contributed by atoms with van der Waals surface area (Å²) in [6.45, 7) is 4.55. The second kappa shape index (κ2) is 7.77. The van der Waals surface area contributed by atoms with Crippen molar-refractivity contribution in [3.63, 3.8) is 0 Å². The number of rotatable bonds is 5. The van der Waals surface area contributed by atoms with Gasteiger partial charge in [-0.25, -0.2) is 4.63 Å². The highest BCUT2D eigenvalue weighted by Crippen LogP contribution is 2.16. The van der Waals surface area contributed by atoms with Gasteiger partial charge >= 0.3 is 0 Å². The van der Waals surface area contributed by atoms with E-state index in [1.165, 1.54) is 5.56 Å². The molecule has 1 saturated heterocycles. The molecule has 1 unspecified atom stereocenters. The average molecular weight is 349 g/mol. The monoisotopic (exact) mass is 348 g/mol. The van der Waals surface area contributed by atoms with Gasteiger partial charge in [0.1, 0.15) is 11.4 Å². The minimum absolute atomic E-state index is 0.0351. The number of halogens is 1. The molecule has 24 heavy (non-hydrogen) atoms. The van der Waals surface area contributed by atoms with Gasteiger partial charge in [-0.1, -0.05) is 34.0 Å². The van der Waals surface area contributed by atoms with Gasteiger partial charge in [0, 0.05) is 24.2 Å². The lowest BCUT2D eigenvalue weighted by Gasteiger charge is -2.33. The lowest BCUT2D eigenvalue weighted by molar-refractivity contribution is -0.121. The van der Waals surface area contributed by atoms with Crippen LogP contribution in [0.25, 0.3) is 0 Å². The average Bonchev–Trinajstić information content (AvgIpc) is 2.95. The molecule has 128 valence electrons. The van der Waals surface area contributed by atoms with Crippen LogP contribution in [0.5, 0.6) is 0 Å². The fraction of sp³-hybridized carbons (Fsp3) is 0.471.